The molecular weight excluding hydrogens is 615 g/mol. The lowest BCUT2D eigenvalue weighted by atomic mass is 10.0. The summed E-state index contributed by atoms with van der Waals surface area (Å²) in [5, 5.41) is 2.62. The predicted molar refractivity (Wildman–Crippen MR) is 146 cm³/mol. The number of alkyl halides is 5. The lowest BCUT2D eigenvalue weighted by molar-refractivity contribution is -0.274. The fourth-order valence-electron chi connectivity index (χ4n) is 4.41. The van der Waals surface area contributed by atoms with Crippen molar-refractivity contribution in [3.05, 3.63) is 77.7 Å². The zero-order valence-corrected chi connectivity index (χ0v) is 23.9. The van der Waals surface area contributed by atoms with Crippen LogP contribution >= 0.6 is 0 Å². The molecule has 236 valence electrons. The van der Waals surface area contributed by atoms with Gasteiger partial charge in [-0.3, -0.25) is 9.59 Å². The van der Waals surface area contributed by atoms with Crippen molar-refractivity contribution in [2.45, 2.75) is 43.1 Å². The van der Waals surface area contributed by atoms with Crippen molar-refractivity contribution >= 4 is 27.7 Å². The zero-order chi connectivity index (χ0) is 32.3. The summed E-state index contributed by atoms with van der Waals surface area (Å²) < 4.78 is 97.6. The first kappa shape index (κ1) is 32.5. The first-order valence-corrected chi connectivity index (χ1v) is 14.5. The van der Waals surface area contributed by atoms with E-state index in [2.05, 4.69) is 20.0 Å². The number of halogens is 5. The van der Waals surface area contributed by atoms with Crippen LogP contribution in [0, 0.1) is 0 Å². The van der Waals surface area contributed by atoms with Gasteiger partial charge in [0.25, 0.3) is 11.8 Å². The van der Waals surface area contributed by atoms with Crippen molar-refractivity contribution in [1.29, 1.82) is 0 Å². The zero-order valence-electron chi connectivity index (χ0n) is 23.1. The standard InChI is InChI=1S/C27H27F5N6O5S/c1-2-26(28,29)18-5-3-17(4-6-18)13-36-25(40)22-16-37(23-15-34-21(14-35-23)24(33)39)11-12-38(22)44(41,42)20-9-7-19(8-10-20)43-27(30,31)32/h3-10,14-15,22H,2,11-13,16H2,1H3,(H2,33,39)(H,36,40)/t22-/m1/s1. The number of amides is 2. The largest absolute Gasteiger partial charge is 0.573 e. The second-order valence-corrected chi connectivity index (χ2v) is 11.6. The minimum Gasteiger partial charge on any atom is -0.406 e. The fourth-order valence-corrected chi connectivity index (χ4v) is 5.98. The summed E-state index contributed by atoms with van der Waals surface area (Å²) in [5.41, 5.74) is 5.38. The number of rotatable bonds is 10. The number of nitrogens with two attached hydrogens (primary N) is 1. The molecule has 17 heteroatoms. The number of carbonyl (C=O) groups is 2. The number of hydrogen-bond acceptors (Lipinski definition) is 8. The average molecular weight is 643 g/mol. The molecule has 11 nitrogen and oxygen atoms in total. The monoisotopic (exact) mass is 642 g/mol. The third-order valence-electron chi connectivity index (χ3n) is 6.80. The number of benzene rings is 2. The molecule has 3 N–H and O–H groups in total. The highest BCUT2D eigenvalue weighted by atomic mass is 32.2. The van der Waals surface area contributed by atoms with E-state index in [9.17, 15) is 40.0 Å². The molecule has 0 saturated carbocycles. The Kier molecular flexibility index (Phi) is 9.39. The summed E-state index contributed by atoms with van der Waals surface area (Å²) in [5.74, 6) is -4.96. The maximum atomic E-state index is 14.0. The number of ether oxygens (including phenoxy) is 1. The van der Waals surface area contributed by atoms with Crippen LogP contribution in [0.25, 0.3) is 0 Å². The van der Waals surface area contributed by atoms with E-state index in [1.807, 2.05) is 0 Å². The maximum Gasteiger partial charge on any atom is 0.573 e. The Morgan fingerprint density at radius 1 is 1.00 bits per heavy atom. The van der Waals surface area contributed by atoms with Gasteiger partial charge in [-0.05, 0) is 29.8 Å². The molecule has 2 aromatic carbocycles. The molecule has 0 radical (unpaired) electrons. The first-order valence-electron chi connectivity index (χ1n) is 13.1. The van der Waals surface area contributed by atoms with Crippen LogP contribution in [-0.4, -0.2) is 66.5 Å². The molecule has 0 unspecified atom stereocenters. The predicted octanol–water partition coefficient (Wildman–Crippen LogP) is 3.17. The molecule has 1 aliphatic rings. The summed E-state index contributed by atoms with van der Waals surface area (Å²) in [6.45, 7) is 0.825. The molecule has 0 aliphatic carbocycles. The van der Waals surface area contributed by atoms with Crippen molar-refractivity contribution < 1.29 is 44.7 Å². The van der Waals surface area contributed by atoms with Crippen LogP contribution in [0.5, 0.6) is 5.75 Å². The van der Waals surface area contributed by atoms with E-state index in [0.717, 1.165) is 34.8 Å². The van der Waals surface area contributed by atoms with Crippen LogP contribution in [0.2, 0.25) is 0 Å². The van der Waals surface area contributed by atoms with Gasteiger partial charge in [-0.25, -0.2) is 27.2 Å². The van der Waals surface area contributed by atoms with Crippen LogP contribution in [0.3, 0.4) is 0 Å². The highest BCUT2D eigenvalue weighted by Gasteiger charge is 2.41. The molecule has 1 fully saturated rings. The van der Waals surface area contributed by atoms with E-state index >= 15 is 0 Å². The smallest absolute Gasteiger partial charge is 0.406 e. The van der Waals surface area contributed by atoms with E-state index in [-0.39, 0.29) is 54.6 Å². The SMILES string of the molecule is CCC(F)(F)c1ccc(CNC(=O)[C@H]2CN(c3cnc(C(N)=O)cn3)CCN2S(=O)(=O)c2ccc(OC(F)(F)F)cc2)cc1. The normalized spacial score (nSPS) is 16.4. The van der Waals surface area contributed by atoms with E-state index in [1.165, 1.54) is 37.4 Å². The Morgan fingerprint density at radius 2 is 1.66 bits per heavy atom. The van der Waals surface area contributed by atoms with E-state index in [1.54, 1.807) is 4.90 Å². The van der Waals surface area contributed by atoms with E-state index in [4.69, 9.17) is 5.73 Å². The molecule has 3 aromatic rings. The van der Waals surface area contributed by atoms with Gasteiger partial charge in [0, 0.05) is 38.2 Å². The van der Waals surface area contributed by atoms with E-state index in [0.29, 0.717) is 5.56 Å². The second kappa shape index (κ2) is 12.7. The Balaban J connectivity index is 1.58. The second-order valence-electron chi connectivity index (χ2n) is 9.69. The van der Waals surface area contributed by atoms with Crippen LogP contribution in [0.15, 0.2) is 65.8 Å². The lowest BCUT2D eigenvalue weighted by Crippen LogP contribution is -2.60. The molecule has 4 rings (SSSR count). The quantitative estimate of drug-likeness (QED) is 0.321. The van der Waals surface area contributed by atoms with Crippen molar-refractivity contribution in [3.8, 4) is 5.75 Å². The molecule has 0 bridgehead atoms. The van der Waals surface area contributed by atoms with Crippen molar-refractivity contribution in [2.24, 2.45) is 5.73 Å². The molecule has 1 atom stereocenters. The average Bonchev–Trinajstić information content (AvgIpc) is 2.99. The lowest BCUT2D eigenvalue weighted by Gasteiger charge is -2.40. The van der Waals surface area contributed by atoms with Crippen molar-refractivity contribution in [2.75, 3.05) is 24.5 Å². The number of carbonyl (C=O) groups excluding carboxylic acids is 2. The van der Waals surface area contributed by atoms with Crippen LogP contribution in [-0.2, 0) is 27.3 Å². The van der Waals surface area contributed by atoms with Gasteiger partial charge in [0.2, 0.25) is 15.9 Å². The van der Waals surface area contributed by atoms with E-state index < -0.39 is 45.9 Å². The molecule has 1 saturated heterocycles. The van der Waals surface area contributed by atoms with Gasteiger partial charge in [0.05, 0.1) is 17.3 Å². The first-order chi connectivity index (χ1) is 20.6. The topological polar surface area (TPSA) is 148 Å². The van der Waals surface area contributed by atoms with Gasteiger partial charge in [-0.15, -0.1) is 13.2 Å². The molecule has 1 aromatic heterocycles. The number of aromatic nitrogens is 2. The number of sulfonamides is 1. The van der Waals surface area contributed by atoms with Crippen molar-refractivity contribution in [3.63, 3.8) is 0 Å². The third kappa shape index (κ3) is 7.57. The van der Waals surface area contributed by atoms with Gasteiger partial charge in [0.1, 0.15) is 23.3 Å². The van der Waals surface area contributed by atoms with Gasteiger partial charge < -0.3 is 20.7 Å². The van der Waals surface area contributed by atoms with Gasteiger partial charge in [-0.1, -0.05) is 31.2 Å². The summed E-state index contributed by atoms with van der Waals surface area (Å²) in [6, 6.07) is 7.50. The molecule has 0 spiro atoms. The molecule has 2 heterocycles. The third-order valence-corrected chi connectivity index (χ3v) is 8.72. The summed E-state index contributed by atoms with van der Waals surface area (Å²) in [7, 11) is -4.42. The Morgan fingerprint density at radius 3 is 2.20 bits per heavy atom. The molecule has 1 aliphatic heterocycles. The minimum absolute atomic E-state index is 0.0377. The van der Waals surface area contributed by atoms with Gasteiger partial charge in [-0.2, -0.15) is 4.31 Å². The minimum atomic E-state index is -4.98. The Bertz CT molecular complexity index is 1590. The summed E-state index contributed by atoms with van der Waals surface area (Å²) >= 11 is 0. The highest BCUT2D eigenvalue weighted by molar-refractivity contribution is 7.89. The molecular formula is C27H27F5N6O5S. The number of piperazine rings is 1. The number of nitrogens with zero attached hydrogens (tertiary/aromatic N) is 4. The Hall–Kier alpha value is -4.38. The van der Waals surface area contributed by atoms with Crippen LogP contribution in [0.1, 0.15) is 35.0 Å². The number of nitrogens with one attached hydrogen (secondary N) is 1. The molecule has 2 amide bonds. The maximum absolute atomic E-state index is 14.0. The summed E-state index contributed by atoms with van der Waals surface area (Å²) in [6.07, 6.45) is -2.99. The van der Waals surface area contributed by atoms with Crippen LogP contribution in [0.4, 0.5) is 27.8 Å². The summed E-state index contributed by atoms with van der Waals surface area (Å²) in [4.78, 5) is 34.1. The Labute approximate surface area is 248 Å². The number of hydrogen-bond donors (Lipinski definition) is 2. The van der Waals surface area contributed by atoms with Gasteiger partial charge in [0.15, 0.2) is 0 Å². The van der Waals surface area contributed by atoms with Gasteiger partial charge >= 0.3 is 6.36 Å². The van der Waals surface area contributed by atoms with Crippen molar-refractivity contribution in [1.82, 2.24) is 19.6 Å². The highest BCUT2D eigenvalue weighted by Crippen LogP contribution is 2.31. The fraction of sp³-hybridized carbons (Fsp3) is 0.333. The molecule has 44 heavy (non-hydrogen) atoms. The number of primary amides is 1. The van der Waals surface area contributed by atoms with Crippen LogP contribution < -0.4 is 20.7 Å². The number of anilines is 1.